The molecule has 0 radical (unpaired) electrons. The molecule has 2 aromatic carbocycles. The lowest BCUT2D eigenvalue weighted by Gasteiger charge is -2.45. The van der Waals surface area contributed by atoms with Crippen LogP contribution in [0.1, 0.15) is 85.6 Å². The number of benzene rings is 2. The standard InChI is InChI=1S/C29H38N4O5S/c1-5-29(6-2)18-24(34)33(27(30)32-29)23(14-15-39(4,37)38)19-11-9-12-20(16-19)26(35)31-25-22-13-8-7-10-21(22)17-28(25,3)36/h7-13,16,23,25,36H,5-6,14-15,17-18H2,1-4H3,(H2,30,32)(H,31,35)/t23?,25-,28-/m1/s1. The molecular formula is C29H38N4O5S. The SMILES string of the molecule is CCC1(CC)CC(=O)N(C(CCS(C)(=O)=O)c2cccc(C(=O)N[C@@H]3c4ccccc4C[C@@]3(C)O)c2)C(=N)N1. The fourth-order valence-corrected chi connectivity index (χ4v) is 6.42. The minimum atomic E-state index is -3.35. The molecule has 1 unspecified atom stereocenters. The Morgan fingerprint density at radius 1 is 1.18 bits per heavy atom. The zero-order valence-electron chi connectivity index (χ0n) is 23.0. The zero-order valence-corrected chi connectivity index (χ0v) is 23.8. The number of rotatable bonds is 9. The summed E-state index contributed by atoms with van der Waals surface area (Å²) >= 11 is 0. The molecular weight excluding hydrogens is 516 g/mol. The molecule has 0 aromatic heterocycles. The average Bonchev–Trinajstić information content (AvgIpc) is 3.13. The van der Waals surface area contributed by atoms with Crippen LogP contribution in [0.4, 0.5) is 0 Å². The van der Waals surface area contributed by atoms with E-state index in [1.54, 1.807) is 31.2 Å². The van der Waals surface area contributed by atoms with Crippen LogP contribution in [0, 0.1) is 5.41 Å². The van der Waals surface area contributed by atoms with Crippen LogP contribution in [-0.4, -0.2) is 59.3 Å². The van der Waals surface area contributed by atoms with Crippen molar-refractivity contribution < 1.29 is 23.1 Å². The van der Waals surface area contributed by atoms with Crippen molar-refractivity contribution in [3.05, 3.63) is 70.8 Å². The molecule has 3 atom stereocenters. The van der Waals surface area contributed by atoms with Crippen molar-refractivity contribution >= 4 is 27.6 Å². The van der Waals surface area contributed by atoms with Crippen molar-refractivity contribution in [2.75, 3.05) is 12.0 Å². The maximum atomic E-state index is 13.4. The summed E-state index contributed by atoms with van der Waals surface area (Å²) in [5.41, 5.74) is 1.06. The van der Waals surface area contributed by atoms with Gasteiger partial charge in [0, 0.05) is 23.8 Å². The van der Waals surface area contributed by atoms with Gasteiger partial charge in [0.25, 0.3) is 5.91 Å². The average molecular weight is 555 g/mol. The predicted molar refractivity (Wildman–Crippen MR) is 150 cm³/mol. The molecule has 0 spiro atoms. The Kier molecular flexibility index (Phi) is 7.91. The Balaban J connectivity index is 1.64. The summed E-state index contributed by atoms with van der Waals surface area (Å²) in [5.74, 6) is -0.897. The quantitative estimate of drug-likeness (QED) is 0.375. The molecule has 4 rings (SSSR count). The third kappa shape index (κ3) is 6.01. The molecule has 1 aliphatic carbocycles. The lowest BCUT2D eigenvalue weighted by Crippen LogP contribution is -2.62. The van der Waals surface area contributed by atoms with Crippen molar-refractivity contribution in [2.24, 2.45) is 0 Å². The summed E-state index contributed by atoms with van der Waals surface area (Å²) in [7, 11) is -3.35. The molecule has 2 aliphatic rings. The van der Waals surface area contributed by atoms with Crippen molar-refractivity contribution in [3.8, 4) is 0 Å². The minimum Gasteiger partial charge on any atom is -0.387 e. The molecule has 9 nitrogen and oxygen atoms in total. The first kappa shape index (κ1) is 28.8. The van der Waals surface area contributed by atoms with Crippen LogP contribution >= 0.6 is 0 Å². The first-order chi connectivity index (χ1) is 18.3. The summed E-state index contributed by atoms with van der Waals surface area (Å²) in [5, 5.41) is 25.9. The van der Waals surface area contributed by atoms with E-state index in [2.05, 4.69) is 10.6 Å². The molecule has 2 aromatic rings. The summed E-state index contributed by atoms with van der Waals surface area (Å²) < 4.78 is 24.2. The summed E-state index contributed by atoms with van der Waals surface area (Å²) in [6.45, 7) is 5.63. The number of nitrogens with one attached hydrogen (secondary N) is 3. The van der Waals surface area contributed by atoms with Crippen LogP contribution in [-0.2, 0) is 21.1 Å². The lowest BCUT2D eigenvalue weighted by molar-refractivity contribution is -0.132. The molecule has 2 amide bonds. The van der Waals surface area contributed by atoms with E-state index < -0.39 is 39.0 Å². The molecule has 4 N–H and O–H groups in total. The van der Waals surface area contributed by atoms with Crippen LogP contribution in [0.25, 0.3) is 0 Å². The maximum Gasteiger partial charge on any atom is 0.251 e. The van der Waals surface area contributed by atoms with Crippen LogP contribution in [0.2, 0.25) is 0 Å². The Labute approximate surface area is 230 Å². The van der Waals surface area contributed by atoms with Crippen LogP contribution in [0.3, 0.4) is 0 Å². The second kappa shape index (κ2) is 10.7. The molecule has 1 heterocycles. The number of carbonyl (C=O) groups is 2. The van der Waals surface area contributed by atoms with Gasteiger partial charge in [-0.1, -0.05) is 50.2 Å². The molecule has 1 aliphatic heterocycles. The topological polar surface area (TPSA) is 140 Å². The number of sulfone groups is 1. The normalized spacial score (nSPS) is 23.2. The van der Waals surface area contributed by atoms with Gasteiger partial charge in [-0.3, -0.25) is 19.9 Å². The highest BCUT2D eigenvalue weighted by Crippen LogP contribution is 2.39. The fraction of sp³-hybridized carbons (Fsp3) is 0.483. The van der Waals surface area contributed by atoms with E-state index in [-0.39, 0.29) is 30.5 Å². The van der Waals surface area contributed by atoms with Crippen molar-refractivity contribution in [3.63, 3.8) is 0 Å². The largest absolute Gasteiger partial charge is 0.387 e. The third-order valence-corrected chi connectivity index (χ3v) is 9.13. The van der Waals surface area contributed by atoms with Crippen LogP contribution in [0.5, 0.6) is 0 Å². The van der Waals surface area contributed by atoms with E-state index in [1.807, 2.05) is 38.1 Å². The van der Waals surface area contributed by atoms with Gasteiger partial charge in [0.1, 0.15) is 9.84 Å². The van der Waals surface area contributed by atoms with Crippen LogP contribution < -0.4 is 10.6 Å². The summed E-state index contributed by atoms with van der Waals surface area (Å²) in [6.07, 6.45) is 3.17. The zero-order chi connectivity index (χ0) is 28.6. The Morgan fingerprint density at radius 3 is 2.51 bits per heavy atom. The Hall–Kier alpha value is -3.24. The summed E-state index contributed by atoms with van der Waals surface area (Å²) in [4.78, 5) is 28.1. The number of nitrogens with zero attached hydrogens (tertiary/aromatic N) is 1. The van der Waals surface area contributed by atoms with Gasteiger partial charge in [0.15, 0.2) is 5.96 Å². The highest BCUT2D eigenvalue weighted by molar-refractivity contribution is 7.90. The lowest BCUT2D eigenvalue weighted by atomic mass is 9.86. The monoisotopic (exact) mass is 554 g/mol. The minimum absolute atomic E-state index is 0.0677. The second-order valence-electron chi connectivity index (χ2n) is 11.1. The molecule has 1 fully saturated rings. The number of hydrogen-bond donors (Lipinski definition) is 4. The number of fused-ring (bicyclic) bond motifs is 1. The molecule has 0 saturated carbocycles. The first-order valence-electron chi connectivity index (χ1n) is 13.4. The van der Waals surface area contributed by atoms with Gasteiger partial charge in [-0.25, -0.2) is 8.42 Å². The van der Waals surface area contributed by atoms with Crippen molar-refractivity contribution in [1.82, 2.24) is 15.5 Å². The molecule has 0 bridgehead atoms. The van der Waals surface area contributed by atoms with Gasteiger partial charge in [-0.15, -0.1) is 0 Å². The van der Waals surface area contributed by atoms with Crippen molar-refractivity contribution in [1.29, 1.82) is 5.41 Å². The van der Waals surface area contributed by atoms with Gasteiger partial charge >= 0.3 is 0 Å². The maximum absolute atomic E-state index is 13.4. The van der Waals surface area contributed by atoms with Gasteiger partial charge < -0.3 is 15.7 Å². The van der Waals surface area contributed by atoms with E-state index in [0.717, 1.165) is 17.4 Å². The highest BCUT2D eigenvalue weighted by atomic mass is 32.2. The number of amides is 2. The van der Waals surface area contributed by atoms with E-state index >= 15 is 0 Å². The second-order valence-corrected chi connectivity index (χ2v) is 13.4. The smallest absolute Gasteiger partial charge is 0.251 e. The Morgan fingerprint density at radius 2 is 1.87 bits per heavy atom. The molecule has 1 saturated heterocycles. The van der Waals surface area contributed by atoms with E-state index in [4.69, 9.17) is 5.41 Å². The number of guanidine groups is 1. The fourth-order valence-electron chi connectivity index (χ4n) is 5.77. The molecule has 39 heavy (non-hydrogen) atoms. The number of hydrogen-bond acceptors (Lipinski definition) is 6. The molecule has 210 valence electrons. The number of carbonyl (C=O) groups excluding carboxylic acids is 2. The van der Waals surface area contributed by atoms with E-state index in [1.165, 1.54) is 4.90 Å². The van der Waals surface area contributed by atoms with E-state index in [0.29, 0.717) is 30.4 Å². The third-order valence-electron chi connectivity index (χ3n) is 8.16. The predicted octanol–water partition coefficient (Wildman–Crippen LogP) is 3.26. The van der Waals surface area contributed by atoms with Gasteiger partial charge in [0.2, 0.25) is 5.91 Å². The van der Waals surface area contributed by atoms with Gasteiger partial charge in [-0.2, -0.15) is 0 Å². The summed E-state index contributed by atoms with van der Waals surface area (Å²) in [6, 6.07) is 13.0. The Bertz CT molecular complexity index is 1360. The van der Waals surface area contributed by atoms with Gasteiger partial charge in [0.05, 0.1) is 29.9 Å². The van der Waals surface area contributed by atoms with E-state index in [9.17, 15) is 23.1 Å². The first-order valence-corrected chi connectivity index (χ1v) is 15.4. The van der Waals surface area contributed by atoms with Crippen molar-refractivity contribution in [2.45, 2.75) is 76.1 Å². The van der Waals surface area contributed by atoms with Crippen LogP contribution in [0.15, 0.2) is 48.5 Å². The highest BCUT2D eigenvalue weighted by Gasteiger charge is 2.43. The number of aliphatic hydroxyl groups is 1. The van der Waals surface area contributed by atoms with Gasteiger partial charge in [-0.05, 0) is 55.0 Å². The molecule has 10 heteroatoms.